The van der Waals surface area contributed by atoms with Crippen LogP contribution in [-0.4, -0.2) is 27.4 Å². The molecule has 3 aromatic carbocycles. The van der Waals surface area contributed by atoms with Gasteiger partial charge in [-0.1, -0.05) is 48.5 Å². The van der Waals surface area contributed by atoms with E-state index in [4.69, 9.17) is 5.14 Å². The van der Waals surface area contributed by atoms with Crippen LogP contribution in [0.2, 0.25) is 0 Å². The maximum absolute atomic E-state index is 12.7. The summed E-state index contributed by atoms with van der Waals surface area (Å²) in [5.74, 6) is -0.128. The smallest absolute Gasteiger partial charge is 0.243 e. The maximum Gasteiger partial charge on any atom is 0.243 e. The number of hydrogen-bond acceptors (Lipinski definition) is 4. The fourth-order valence-corrected chi connectivity index (χ4v) is 4.18. The predicted octanol–water partition coefficient (Wildman–Crippen LogP) is 3.00. The summed E-state index contributed by atoms with van der Waals surface area (Å²) in [6.07, 6.45) is 0.673. The van der Waals surface area contributed by atoms with Crippen molar-refractivity contribution in [2.24, 2.45) is 5.14 Å². The van der Waals surface area contributed by atoms with Crippen molar-refractivity contribution in [2.45, 2.75) is 11.3 Å². The molecule has 148 valence electrons. The Morgan fingerprint density at radius 2 is 1.72 bits per heavy atom. The molecule has 1 aliphatic heterocycles. The Morgan fingerprint density at radius 1 is 1.00 bits per heavy atom. The van der Waals surface area contributed by atoms with Crippen LogP contribution in [0.1, 0.15) is 5.56 Å². The Hall–Kier alpha value is -3.16. The number of hydrogen-bond donors (Lipinski definition) is 2. The molecule has 7 heteroatoms. The number of rotatable bonds is 5. The van der Waals surface area contributed by atoms with Crippen LogP contribution in [-0.2, 0) is 21.2 Å². The van der Waals surface area contributed by atoms with Gasteiger partial charge in [-0.05, 0) is 41.8 Å². The quantitative estimate of drug-likeness (QED) is 0.680. The lowest BCUT2D eigenvalue weighted by atomic mass is 10.0. The zero-order chi connectivity index (χ0) is 20.4. The molecule has 1 aliphatic rings. The lowest BCUT2D eigenvalue weighted by molar-refractivity contribution is -0.115. The highest BCUT2D eigenvalue weighted by Gasteiger charge is 2.23. The molecule has 0 fully saturated rings. The third-order valence-corrected chi connectivity index (χ3v) is 5.90. The molecule has 0 radical (unpaired) electrons. The number of nitrogens with two attached hydrogens (primary N) is 1. The van der Waals surface area contributed by atoms with Crippen LogP contribution in [0, 0.1) is 0 Å². The van der Waals surface area contributed by atoms with Gasteiger partial charge in [0.2, 0.25) is 15.9 Å². The van der Waals surface area contributed by atoms with Crippen molar-refractivity contribution >= 4 is 27.3 Å². The van der Waals surface area contributed by atoms with Crippen molar-refractivity contribution in [1.82, 2.24) is 0 Å². The summed E-state index contributed by atoms with van der Waals surface area (Å²) in [5, 5.41) is 8.21. The van der Waals surface area contributed by atoms with Gasteiger partial charge in [-0.25, -0.2) is 13.6 Å². The fraction of sp³-hybridized carbons (Fsp3) is 0.136. The molecule has 3 N–H and O–H groups in total. The Kier molecular flexibility index (Phi) is 5.08. The van der Waals surface area contributed by atoms with E-state index in [1.54, 1.807) is 12.1 Å². The third kappa shape index (κ3) is 4.16. The molecule has 1 heterocycles. The molecule has 6 nitrogen and oxygen atoms in total. The van der Waals surface area contributed by atoms with Gasteiger partial charge in [0.25, 0.3) is 0 Å². The predicted molar refractivity (Wildman–Crippen MR) is 114 cm³/mol. The molecule has 0 saturated heterocycles. The van der Waals surface area contributed by atoms with Crippen molar-refractivity contribution in [3.63, 3.8) is 0 Å². The number of anilines is 2. The van der Waals surface area contributed by atoms with Gasteiger partial charge >= 0.3 is 0 Å². The molecular formula is C22H21N3O3S. The first kappa shape index (κ1) is 19.2. The summed E-state index contributed by atoms with van der Waals surface area (Å²) in [6, 6.07) is 22.4. The normalized spacial score (nSPS) is 13.2. The van der Waals surface area contributed by atoms with Crippen LogP contribution in [0.15, 0.2) is 77.7 Å². The van der Waals surface area contributed by atoms with Gasteiger partial charge in [-0.3, -0.25) is 4.79 Å². The minimum atomic E-state index is -3.73. The molecule has 0 unspecified atom stereocenters. The second kappa shape index (κ2) is 7.69. The first-order valence-electron chi connectivity index (χ1n) is 9.27. The number of amides is 1. The largest absolute Gasteiger partial charge is 0.362 e. The van der Waals surface area contributed by atoms with Crippen molar-refractivity contribution in [3.8, 4) is 11.1 Å². The summed E-state index contributed by atoms with van der Waals surface area (Å²) in [7, 11) is -3.73. The van der Waals surface area contributed by atoms with Crippen LogP contribution in [0.5, 0.6) is 0 Å². The highest BCUT2D eigenvalue weighted by molar-refractivity contribution is 7.89. The molecule has 3 aromatic rings. The van der Waals surface area contributed by atoms with Crippen molar-refractivity contribution in [3.05, 3.63) is 78.4 Å². The summed E-state index contributed by atoms with van der Waals surface area (Å²) in [5.41, 5.74) is 4.50. The summed E-state index contributed by atoms with van der Waals surface area (Å²) in [4.78, 5) is 14.8. The Morgan fingerprint density at radius 3 is 2.48 bits per heavy atom. The van der Waals surface area contributed by atoms with E-state index in [0.717, 1.165) is 28.1 Å². The average Bonchev–Trinajstić information content (AvgIpc) is 3.10. The number of carbonyl (C=O) groups is 1. The van der Waals surface area contributed by atoms with E-state index in [1.165, 1.54) is 6.07 Å². The molecule has 0 atom stereocenters. The number of carbonyl (C=O) groups excluding carboxylic acids is 1. The van der Waals surface area contributed by atoms with E-state index in [-0.39, 0.29) is 17.3 Å². The first-order chi connectivity index (χ1) is 13.9. The molecule has 0 spiro atoms. The third-order valence-electron chi connectivity index (χ3n) is 4.99. The minimum absolute atomic E-state index is 0.0966. The van der Waals surface area contributed by atoms with E-state index in [2.05, 4.69) is 5.32 Å². The van der Waals surface area contributed by atoms with E-state index >= 15 is 0 Å². The van der Waals surface area contributed by atoms with Crippen molar-refractivity contribution in [1.29, 1.82) is 0 Å². The van der Waals surface area contributed by atoms with Gasteiger partial charge in [-0.2, -0.15) is 0 Å². The van der Waals surface area contributed by atoms with Crippen molar-refractivity contribution < 1.29 is 13.2 Å². The van der Waals surface area contributed by atoms with Crippen LogP contribution in [0.25, 0.3) is 11.1 Å². The molecule has 0 bridgehead atoms. The molecule has 29 heavy (non-hydrogen) atoms. The zero-order valence-corrected chi connectivity index (χ0v) is 16.5. The number of fused-ring (bicyclic) bond motifs is 1. The van der Waals surface area contributed by atoms with E-state index in [9.17, 15) is 13.2 Å². The second-order valence-corrected chi connectivity index (χ2v) is 8.53. The molecule has 4 rings (SSSR count). The lowest BCUT2D eigenvalue weighted by Crippen LogP contribution is -2.32. The highest BCUT2D eigenvalue weighted by atomic mass is 32.2. The second-order valence-electron chi connectivity index (χ2n) is 6.97. The topological polar surface area (TPSA) is 92.5 Å². The molecule has 0 aliphatic carbocycles. The molecular weight excluding hydrogens is 386 g/mol. The zero-order valence-electron chi connectivity index (χ0n) is 15.7. The monoisotopic (exact) mass is 407 g/mol. The number of nitrogens with zero attached hydrogens (tertiary/aromatic N) is 1. The first-order valence-corrected chi connectivity index (χ1v) is 10.8. The Labute approximate surface area is 170 Å². The molecule has 0 saturated carbocycles. The van der Waals surface area contributed by atoms with Crippen LogP contribution in [0.3, 0.4) is 0 Å². The summed E-state index contributed by atoms with van der Waals surface area (Å²) < 4.78 is 23.1. The van der Waals surface area contributed by atoms with E-state index in [0.29, 0.717) is 13.0 Å². The lowest BCUT2D eigenvalue weighted by Gasteiger charge is -2.20. The van der Waals surface area contributed by atoms with Crippen LogP contribution in [0.4, 0.5) is 11.4 Å². The minimum Gasteiger partial charge on any atom is -0.362 e. The van der Waals surface area contributed by atoms with Gasteiger partial charge in [0.1, 0.15) is 0 Å². The number of sulfonamides is 1. The van der Waals surface area contributed by atoms with Gasteiger partial charge in [-0.15, -0.1) is 0 Å². The number of primary sulfonamides is 1. The number of nitrogens with one attached hydrogen (secondary N) is 1. The fourth-order valence-electron chi connectivity index (χ4n) is 3.61. The van der Waals surface area contributed by atoms with Crippen LogP contribution >= 0.6 is 0 Å². The number of para-hydroxylation sites is 1. The van der Waals surface area contributed by atoms with Crippen molar-refractivity contribution in [2.75, 3.05) is 23.3 Å². The highest BCUT2D eigenvalue weighted by Crippen LogP contribution is 2.31. The van der Waals surface area contributed by atoms with Gasteiger partial charge in [0, 0.05) is 23.5 Å². The summed E-state index contributed by atoms with van der Waals surface area (Å²) in [6.45, 7) is 0.835. The number of benzene rings is 3. The van der Waals surface area contributed by atoms with Gasteiger partial charge in [0.15, 0.2) is 0 Å². The Balaban J connectivity index is 1.51. The standard InChI is InChI=1S/C22H21N3O3S/c23-29(27,28)18-10-11-21-17(14-18)12-13-25(21)15-22(26)24-20-9-5-4-8-19(20)16-6-2-1-3-7-16/h1-11,14H,12-13,15H2,(H,24,26)(H2,23,27,28). The molecule has 0 aromatic heterocycles. The maximum atomic E-state index is 12.7. The SMILES string of the molecule is NS(=O)(=O)c1ccc2c(c1)CCN2CC(=O)Nc1ccccc1-c1ccccc1. The van der Waals surface area contributed by atoms with E-state index < -0.39 is 10.0 Å². The molecule has 1 amide bonds. The van der Waals surface area contributed by atoms with E-state index in [1.807, 2.05) is 59.5 Å². The Bertz CT molecular complexity index is 1160. The van der Waals surface area contributed by atoms with Crippen LogP contribution < -0.4 is 15.4 Å². The average molecular weight is 407 g/mol. The summed E-state index contributed by atoms with van der Waals surface area (Å²) >= 11 is 0. The van der Waals surface area contributed by atoms with Gasteiger partial charge in [0.05, 0.1) is 11.4 Å². The van der Waals surface area contributed by atoms with Gasteiger partial charge < -0.3 is 10.2 Å².